The largest absolute Gasteiger partial charge is 0.486 e. The monoisotopic (exact) mass is 407 g/mol. The van der Waals surface area contributed by atoms with Crippen LogP contribution >= 0.6 is 11.6 Å². The molecule has 148 valence electrons. The van der Waals surface area contributed by atoms with Gasteiger partial charge in [0, 0.05) is 24.9 Å². The van der Waals surface area contributed by atoms with Gasteiger partial charge in [-0.05, 0) is 61.2 Å². The van der Waals surface area contributed by atoms with Gasteiger partial charge in [0.2, 0.25) is 0 Å². The van der Waals surface area contributed by atoms with Gasteiger partial charge >= 0.3 is 0 Å². The molecule has 1 saturated heterocycles. The highest BCUT2D eigenvalue weighted by Crippen LogP contribution is 2.40. The van der Waals surface area contributed by atoms with Gasteiger partial charge in [-0.3, -0.25) is 4.79 Å². The molecular formula is C23H22ClN3O2. The number of hydrogen-bond donors (Lipinski definition) is 0. The van der Waals surface area contributed by atoms with Crippen molar-refractivity contribution in [3.05, 3.63) is 76.1 Å². The highest BCUT2D eigenvalue weighted by molar-refractivity contribution is 6.33. The number of benzene rings is 2. The highest BCUT2D eigenvalue weighted by Gasteiger charge is 2.40. The van der Waals surface area contributed by atoms with Crippen LogP contribution in [0.5, 0.6) is 5.75 Å². The van der Waals surface area contributed by atoms with Gasteiger partial charge in [-0.25, -0.2) is 4.68 Å². The number of carbonyl (C=O) groups is 1. The maximum atomic E-state index is 13.1. The average molecular weight is 408 g/mol. The van der Waals surface area contributed by atoms with E-state index in [0.717, 1.165) is 28.8 Å². The molecule has 0 spiro atoms. The van der Waals surface area contributed by atoms with E-state index in [0.29, 0.717) is 29.3 Å². The lowest BCUT2D eigenvalue weighted by Gasteiger charge is -2.23. The van der Waals surface area contributed by atoms with Gasteiger partial charge in [0.1, 0.15) is 6.10 Å². The summed E-state index contributed by atoms with van der Waals surface area (Å²) in [7, 11) is 0. The molecule has 6 heteroatoms. The molecule has 0 radical (unpaired) electrons. The summed E-state index contributed by atoms with van der Waals surface area (Å²) in [5, 5.41) is 4.82. The predicted octanol–water partition coefficient (Wildman–Crippen LogP) is 4.42. The Bertz CT molecular complexity index is 1080. The van der Waals surface area contributed by atoms with Crippen molar-refractivity contribution in [3.63, 3.8) is 0 Å². The van der Waals surface area contributed by atoms with Crippen molar-refractivity contribution in [2.75, 3.05) is 6.54 Å². The second-order valence-corrected chi connectivity index (χ2v) is 8.31. The summed E-state index contributed by atoms with van der Waals surface area (Å²) in [4.78, 5) is 15.0. The molecule has 2 aliphatic heterocycles. The van der Waals surface area contributed by atoms with E-state index in [-0.39, 0.29) is 18.1 Å². The molecule has 2 atom stereocenters. The molecule has 1 fully saturated rings. The van der Waals surface area contributed by atoms with E-state index in [1.54, 1.807) is 6.20 Å². The maximum absolute atomic E-state index is 13.1. The van der Waals surface area contributed by atoms with Crippen molar-refractivity contribution in [1.29, 1.82) is 0 Å². The van der Waals surface area contributed by atoms with Crippen molar-refractivity contribution < 1.29 is 9.53 Å². The van der Waals surface area contributed by atoms with E-state index in [2.05, 4.69) is 24.2 Å². The number of nitrogens with zero attached hydrogens (tertiary/aromatic N) is 3. The molecule has 2 aliphatic rings. The molecule has 3 aromatic rings. The molecular weight excluding hydrogens is 386 g/mol. The van der Waals surface area contributed by atoms with Crippen molar-refractivity contribution in [2.24, 2.45) is 0 Å². The maximum Gasteiger partial charge on any atom is 0.258 e. The van der Waals surface area contributed by atoms with Crippen LogP contribution in [0.1, 0.15) is 40.4 Å². The first-order valence-electron chi connectivity index (χ1n) is 9.90. The lowest BCUT2D eigenvalue weighted by atomic mass is 9.96. The SMILES string of the molecule is Cc1c(Cc2ccc(-n3cccn3)cc2)cc2c(c1Cl)OC1C[C@@H](C)N(C1)C2=O. The predicted molar refractivity (Wildman–Crippen MR) is 112 cm³/mol. The summed E-state index contributed by atoms with van der Waals surface area (Å²) in [5.41, 5.74) is 4.76. The fourth-order valence-electron chi connectivity index (χ4n) is 4.31. The van der Waals surface area contributed by atoms with Crippen LogP contribution in [0.15, 0.2) is 48.8 Å². The van der Waals surface area contributed by atoms with Crippen molar-refractivity contribution in [2.45, 2.75) is 38.8 Å². The lowest BCUT2D eigenvalue weighted by Crippen LogP contribution is -2.33. The summed E-state index contributed by atoms with van der Waals surface area (Å²) in [6.07, 6.45) is 5.25. The molecule has 2 aromatic carbocycles. The van der Waals surface area contributed by atoms with Crippen molar-refractivity contribution >= 4 is 17.5 Å². The molecule has 29 heavy (non-hydrogen) atoms. The van der Waals surface area contributed by atoms with Gasteiger partial charge in [-0.1, -0.05) is 23.7 Å². The Morgan fingerprint density at radius 3 is 2.79 bits per heavy atom. The Morgan fingerprint density at radius 2 is 2.07 bits per heavy atom. The second-order valence-electron chi connectivity index (χ2n) is 7.93. The number of carbonyl (C=O) groups excluding carboxylic acids is 1. The number of aromatic nitrogens is 2. The van der Waals surface area contributed by atoms with Crippen LogP contribution in [0.3, 0.4) is 0 Å². The van der Waals surface area contributed by atoms with Gasteiger partial charge in [0.05, 0.1) is 22.8 Å². The van der Waals surface area contributed by atoms with Gasteiger partial charge in [-0.2, -0.15) is 5.10 Å². The minimum atomic E-state index is 0.0182. The molecule has 2 bridgehead atoms. The summed E-state index contributed by atoms with van der Waals surface area (Å²) in [5.74, 6) is 0.566. The van der Waals surface area contributed by atoms with E-state index >= 15 is 0 Å². The van der Waals surface area contributed by atoms with Crippen LogP contribution in [-0.2, 0) is 6.42 Å². The van der Waals surface area contributed by atoms with Crippen molar-refractivity contribution in [1.82, 2.24) is 14.7 Å². The zero-order valence-corrected chi connectivity index (χ0v) is 17.2. The van der Waals surface area contributed by atoms with Gasteiger partial charge < -0.3 is 9.64 Å². The Kier molecular flexibility index (Phi) is 4.36. The number of fused-ring (bicyclic) bond motifs is 3. The highest BCUT2D eigenvalue weighted by atomic mass is 35.5. The summed E-state index contributed by atoms with van der Waals surface area (Å²) < 4.78 is 7.99. The molecule has 1 aromatic heterocycles. The van der Waals surface area contributed by atoms with Crippen LogP contribution in [0, 0.1) is 6.92 Å². The second kappa shape index (κ2) is 6.92. The molecule has 1 unspecified atom stereocenters. The molecule has 5 rings (SSSR count). The Hall–Kier alpha value is -2.79. The third-order valence-electron chi connectivity index (χ3n) is 5.99. The zero-order valence-electron chi connectivity index (χ0n) is 16.4. The van der Waals surface area contributed by atoms with E-state index in [1.165, 1.54) is 0 Å². The topological polar surface area (TPSA) is 47.4 Å². The Labute approximate surface area is 174 Å². The number of halogens is 1. The minimum absolute atomic E-state index is 0.0182. The van der Waals surface area contributed by atoms with E-state index in [1.807, 2.05) is 47.0 Å². The number of amides is 1. The summed E-state index contributed by atoms with van der Waals surface area (Å²) in [6.45, 7) is 4.70. The molecule has 0 N–H and O–H groups in total. The van der Waals surface area contributed by atoms with Crippen LogP contribution in [0.4, 0.5) is 0 Å². The number of hydrogen-bond acceptors (Lipinski definition) is 3. The quantitative estimate of drug-likeness (QED) is 0.645. The van der Waals surface area contributed by atoms with E-state index in [9.17, 15) is 4.79 Å². The zero-order chi connectivity index (χ0) is 20.1. The number of ether oxygens (including phenoxy) is 1. The third kappa shape index (κ3) is 3.10. The third-order valence-corrected chi connectivity index (χ3v) is 6.44. The summed E-state index contributed by atoms with van der Waals surface area (Å²) in [6, 6.07) is 12.3. The molecule has 0 aliphatic carbocycles. The van der Waals surface area contributed by atoms with Crippen LogP contribution < -0.4 is 4.74 Å². The Balaban J connectivity index is 1.49. The molecule has 5 nitrogen and oxygen atoms in total. The summed E-state index contributed by atoms with van der Waals surface area (Å²) >= 11 is 6.68. The molecule has 1 amide bonds. The average Bonchev–Trinajstić information content (AvgIpc) is 3.35. The first-order chi connectivity index (χ1) is 14.0. The first-order valence-corrected chi connectivity index (χ1v) is 10.3. The first kappa shape index (κ1) is 18.3. The standard InChI is InChI=1S/C23H22ClN3O2/c1-14-10-19-13-26(14)23(28)20-12-17(15(2)21(24)22(20)29-19)11-16-4-6-18(7-5-16)27-9-3-8-25-27/h3-9,12,14,19H,10-11,13H2,1-2H3/t14-,19?/m1/s1. The number of rotatable bonds is 3. The van der Waals surface area contributed by atoms with Gasteiger partial charge in [0.25, 0.3) is 5.91 Å². The van der Waals surface area contributed by atoms with Crippen LogP contribution in [0.2, 0.25) is 5.02 Å². The Morgan fingerprint density at radius 1 is 1.28 bits per heavy atom. The smallest absolute Gasteiger partial charge is 0.258 e. The van der Waals surface area contributed by atoms with E-state index < -0.39 is 0 Å². The molecule has 0 saturated carbocycles. The van der Waals surface area contributed by atoms with Gasteiger partial charge in [0.15, 0.2) is 5.75 Å². The lowest BCUT2D eigenvalue weighted by molar-refractivity contribution is 0.0748. The van der Waals surface area contributed by atoms with Crippen LogP contribution in [-0.4, -0.2) is 39.3 Å². The van der Waals surface area contributed by atoms with Crippen LogP contribution in [0.25, 0.3) is 5.69 Å². The van der Waals surface area contributed by atoms with Gasteiger partial charge in [-0.15, -0.1) is 0 Å². The van der Waals surface area contributed by atoms with E-state index in [4.69, 9.17) is 16.3 Å². The molecule has 3 heterocycles. The fourth-order valence-corrected chi connectivity index (χ4v) is 4.58. The fraction of sp³-hybridized carbons (Fsp3) is 0.304. The minimum Gasteiger partial charge on any atom is -0.486 e. The normalized spacial score (nSPS) is 20.4. The van der Waals surface area contributed by atoms with Crippen molar-refractivity contribution in [3.8, 4) is 11.4 Å².